The minimum atomic E-state index is -0.261. The number of rotatable bonds is 5. The fraction of sp³-hybridized carbons (Fsp3) is 0.211. The molecule has 0 unspecified atom stereocenters. The first-order valence-corrected chi connectivity index (χ1v) is 8.37. The molecular weight excluding hydrogens is 331 g/mol. The Kier molecular flexibility index (Phi) is 4.22. The van der Waals surface area contributed by atoms with Crippen LogP contribution in [0.4, 0.5) is 4.39 Å². The van der Waals surface area contributed by atoms with Crippen molar-refractivity contribution in [1.29, 1.82) is 0 Å². The van der Waals surface area contributed by atoms with Gasteiger partial charge in [-0.15, -0.1) is 0 Å². The largest absolute Gasteiger partial charge is 0.295 e. The van der Waals surface area contributed by atoms with Gasteiger partial charge >= 0.3 is 0 Å². The second-order valence-electron chi connectivity index (χ2n) is 6.42. The molecule has 3 aromatic heterocycles. The predicted octanol–water partition coefficient (Wildman–Crippen LogP) is 3.20. The summed E-state index contributed by atoms with van der Waals surface area (Å²) >= 11 is 0. The second kappa shape index (κ2) is 6.68. The molecule has 3 heterocycles. The van der Waals surface area contributed by atoms with Gasteiger partial charge < -0.3 is 0 Å². The molecule has 1 aromatic carbocycles. The quantitative estimate of drug-likeness (QED) is 0.600. The monoisotopic (exact) mass is 350 g/mol. The molecule has 6 nitrogen and oxygen atoms in total. The molecule has 0 aliphatic carbocycles. The molecule has 4 aromatic rings. The SMILES string of the molecule is Cc1cc(CN(C)Cc2c(-c3ccc(F)cc3)nc3ncccn23)n[nH]1. The van der Waals surface area contributed by atoms with Crippen LogP contribution in [0.25, 0.3) is 17.0 Å². The Bertz CT molecular complexity index is 1030. The Hall–Kier alpha value is -3.06. The number of hydrogen-bond acceptors (Lipinski definition) is 4. The molecule has 7 heteroatoms. The summed E-state index contributed by atoms with van der Waals surface area (Å²) in [5.41, 5.74) is 4.72. The zero-order valence-corrected chi connectivity index (χ0v) is 14.6. The Balaban J connectivity index is 1.70. The lowest BCUT2D eigenvalue weighted by molar-refractivity contribution is 0.310. The molecule has 0 radical (unpaired) electrons. The fourth-order valence-corrected chi connectivity index (χ4v) is 3.07. The van der Waals surface area contributed by atoms with Crippen LogP contribution < -0.4 is 0 Å². The molecule has 0 fully saturated rings. The molecule has 1 N–H and O–H groups in total. The van der Waals surface area contributed by atoms with Gasteiger partial charge in [-0.3, -0.25) is 14.4 Å². The van der Waals surface area contributed by atoms with E-state index in [1.165, 1.54) is 12.1 Å². The molecule has 0 atom stereocenters. The topological polar surface area (TPSA) is 62.1 Å². The number of aromatic amines is 1. The van der Waals surface area contributed by atoms with Crippen molar-refractivity contribution in [3.05, 3.63) is 71.7 Å². The van der Waals surface area contributed by atoms with Crippen LogP contribution in [0.1, 0.15) is 17.1 Å². The van der Waals surface area contributed by atoms with Crippen LogP contribution in [0.3, 0.4) is 0 Å². The van der Waals surface area contributed by atoms with Gasteiger partial charge in [-0.05, 0) is 50.4 Å². The van der Waals surface area contributed by atoms with Crippen molar-refractivity contribution in [3.63, 3.8) is 0 Å². The summed E-state index contributed by atoms with van der Waals surface area (Å²) in [6.45, 7) is 3.35. The average molecular weight is 350 g/mol. The van der Waals surface area contributed by atoms with Crippen molar-refractivity contribution < 1.29 is 4.39 Å². The molecule has 0 aliphatic heterocycles. The summed E-state index contributed by atoms with van der Waals surface area (Å²) in [6.07, 6.45) is 3.67. The molecule has 0 saturated heterocycles. The summed E-state index contributed by atoms with van der Waals surface area (Å²) in [4.78, 5) is 11.2. The lowest BCUT2D eigenvalue weighted by Gasteiger charge is -2.16. The number of benzene rings is 1. The van der Waals surface area contributed by atoms with Gasteiger partial charge in [-0.25, -0.2) is 14.4 Å². The van der Waals surface area contributed by atoms with Gasteiger partial charge in [0.15, 0.2) is 0 Å². The predicted molar refractivity (Wildman–Crippen MR) is 96.9 cm³/mol. The van der Waals surface area contributed by atoms with Gasteiger partial charge in [0.05, 0.1) is 17.1 Å². The van der Waals surface area contributed by atoms with E-state index in [0.717, 1.165) is 28.3 Å². The van der Waals surface area contributed by atoms with Crippen LogP contribution in [0.2, 0.25) is 0 Å². The molecule has 132 valence electrons. The molecule has 0 bridgehead atoms. The molecule has 0 amide bonds. The average Bonchev–Trinajstić information content (AvgIpc) is 3.19. The second-order valence-corrected chi connectivity index (χ2v) is 6.42. The fourth-order valence-electron chi connectivity index (χ4n) is 3.07. The molecule has 0 spiro atoms. The maximum atomic E-state index is 13.3. The van der Waals surface area contributed by atoms with E-state index in [1.807, 2.05) is 36.7 Å². The van der Waals surface area contributed by atoms with Crippen LogP contribution in [0.15, 0.2) is 48.8 Å². The van der Waals surface area contributed by atoms with Crippen molar-refractivity contribution in [1.82, 2.24) is 29.5 Å². The highest BCUT2D eigenvalue weighted by atomic mass is 19.1. The number of nitrogens with zero attached hydrogens (tertiary/aromatic N) is 5. The van der Waals surface area contributed by atoms with E-state index in [-0.39, 0.29) is 5.82 Å². The zero-order chi connectivity index (χ0) is 18.1. The molecular formula is C19H19FN6. The summed E-state index contributed by atoms with van der Waals surface area (Å²) in [6, 6.07) is 10.3. The molecule has 0 aliphatic rings. The zero-order valence-electron chi connectivity index (χ0n) is 14.6. The van der Waals surface area contributed by atoms with E-state index >= 15 is 0 Å². The van der Waals surface area contributed by atoms with Crippen LogP contribution in [-0.4, -0.2) is 36.5 Å². The van der Waals surface area contributed by atoms with Gasteiger partial charge in [0.1, 0.15) is 5.82 Å². The van der Waals surface area contributed by atoms with E-state index < -0.39 is 0 Å². The Morgan fingerprint density at radius 2 is 2.00 bits per heavy atom. The summed E-state index contributed by atoms with van der Waals surface area (Å²) in [7, 11) is 2.04. The minimum Gasteiger partial charge on any atom is -0.295 e. The van der Waals surface area contributed by atoms with Crippen LogP contribution in [0.5, 0.6) is 0 Å². The minimum absolute atomic E-state index is 0.261. The first-order chi connectivity index (χ1) is 12.6. The summed E-state index contributed by atoms with van der Waals surface area (Å²) in [5, 5.41) is 7.26. The number of aryl methyl sites for hydroxylation is 1. The third-order valence-corrected chi connectivity index (χ3v) is 4.23. The van der Waals surface area contributed by atoms with Gasteiger partial charge in [0.2, 0.25) is 5.78 Å². The first kappa shape index (κ1) is 16.4. The molecule has 0 saturated carbocycles. The van der Waals surface area contributed by atoms with Crippen LogP contribution >= 0.6 is 0 Å². The van der Waals surface area contributed by atoms with Crippen molar-refractivity contribution >= 4 is 5.78 Å². The highest BCUT2D eigenvalue weighted by Crippen LogP contribution is 2.25. The van der Waals surface area contributed by atoms with Crippen LogP contribution in [0, 0.1) is 12.7 Å². The van der Waals surface area contributed by atoms with Gasteiger partial charge in [-0.2, -0.15) is 5.10 Å². The highest BCUT2D eigenvalue weighted by molar-refractivity contribution is 5.65. The van der Waals surface area contributed by atoms with E-state index in [1.54, 1.807) is 18.3 Å². The third-order valence-electron chi connectivity index (χ3n) is 4.23. The van der Waals surface area contributed by atoms with E-state index in [9.17, 15) is 4.39 Å². The number of nitrogens with one attached hydrogen (secondary N) is 1. The number of fused-ring (bicyclic) bond motifs is 1. The van der Waals surface area contributed by atoms with Crippen molar-refractivity contribution in [2.45, 2.75) is 20.0 Å². The number of imidazole rings is 1. The Labute approximate surface area is 150 Å². The standard InChI is InChI=1S/C19H19FN6/c1-13-10-16(24-23-13)11-25(2)12-17-18(14-4-6-15(20)7-5-14)22-19-21-8-3-9-26(17)19/h3-10H,11-12H2,1-2H3,(H,23,24). The van der Waals surface area contributed by atoms with E-state index in [0.29, 0.717) is 18.9 Å². The van der Waals surface area contributed by atoms with E-state index in [4.69, 9.17) is 0 Å². The summed E-state index contributed by atoms with van der Waals surface area (Å²) < 4.78 is 15.3. The molecule has 4 rings (SSSR count). The number of aromatic nitrogens is 5. The maximum Gasteiger partial charge on any atom is 0.234 e. The Morgan fingerprint density at radius 1 is 1.19 bits per heavy atom. The normalized spacial score (nSPS) is 11.5. The van der Waals surface area contributed by atoms with Crippen LogP contribution in [-0.2, 0) is 13.1 Å². The maximum absolute atomic E-state index is 13.3. The van der Waals surface area contributed by atoms with Crippen molar-refractivity contribution in [2.24, 2.45) is 0 Å². The number of H-pyrrole nitrogens is 1. The lowest BCUT2D eigenvalue weighted by Crippen LogP contribution is -2.19. The van der Waals surface area contributed by atoms with E-state index in [2.05, 4.69) is 25.1 Å². The smallest absolute Gasteiger partial charge is 0.234 e. The lowest BCUT2D eigenvalue weighted by atomic mass is 10.1. The number of hydrogen-bond donors (Lipinski definition) is 1. The summed E-state index contributed by atoms with van der Waals surface area (Å²) in [5.74, 6) is 0.369. The third kappa shape index (κ3) is 3.21. The van der Waals surface area contributed by atoms with Crippen molar-refractivity contribution in [3.8, 4) is 11.3 Å². The molecule has 26 heavy (non-hydrogen) atoms. The van der Waals surface area contributed by atoms with Gasteiger partial charge in [-0.1, -0.05) is 0 Å². The van der Waals surface area contributed by atoms with Crippen molar-refractivity contribution in [2.75, 3.05) is 7.05 Å². The number of halogens is 1. The van der Waals surface area contributed by atoms with Gasteiger partial charge in [0.25, 0.3) is 0 Å². The first-order valence-electron chi connectivity index (χ1n) is 8.37. The Morgan fingerprint density at radius 3 is 2.73 bits per heavy atom. The van der Waals surface area contributed by atoms with Gasteiger partial charge in [0, 0.05) is 36.7 Å². The highest BCUT2D eigenvalue weighted by Gasteiger charge is 2.17.